The quantitative estimate of drug-likeness (QED) is 0.392. The van der Waals surface area contributed by atoms with Crippen molar-refractivity contribution in [3.8, 4) is 0 Å². The number of hydrogen-bond donors (Lipinski definition) is 3. The Morgan fingerprint density at radius 3 is 2.62 bits per heavy atom. The summed E-state index contributed by atoms with van der Waals surface area (Å²) in [5, 5.41) is 14.2. The summed E-state index contributed by atoms with van der Waals surface area (Å²) in [6, 6.07) is 10.5. The van der Waals surface area contributed by atoms with Gasteiger partial charge in [0.05, 0.1) is 9.95 Å². The van der Waals surface area contributed by atoms with Crippen LogP contribution in [0.3, 0.4) is 0 Å². The highest BCUT2D eigenvalue weighted by atomic mass is 79.9. The van der Waals surface area contributed by atoms with Gasteiger partial charge in [-0.2, -0.15) is 0 Å². The molecular formula is C14H10BrClN4O3S. The predicted molar refractivity (Wildman–Crippen MR) is 99.1 cm³/mol. The number of rotatable bonds is 3. The summed E-state index contributed by atoms with van der Waals surface area (Å²) in [6.45, 7) is 0. The minimum atomic E-state index is -0.576. The number of nitro benzene ring substituents is 1. The monoisotopic (exact) mass is 428 g/mol. The highest BCUT2D eigenvalue weighted by Crippen LogP contribution is 2.25. The summed E-state index contributed by atoms with van der Waals surface area (Å²) >= 11 is 14.3. The first-order chi connectivity index (χ1) is 11.4. The highest BCUT2D eigenvalue weighted by Gasteiger charge is 2.11. The Kier molecular flexibility index (Phi) is 6.07. The summed E-state index contributed by atoms with van der Waals surface area (Å²) in [5.74, 6) is -0.559. The molecule has 3 N–H and O–H groups in total. The number of nitro groups is 1. The van der Waals surface area contributed by atoms with Gasteiger partial charge in [0, 0.05) is 27.9 Å². The molecule has 0 aliphatic carbocycles. The molecule has 2 aromatic carbocycles. The largest absolute Gasteiger partial charge is 0.331 e. The Hall–Kier alpha value is -2.23. The summed E-state index contributed by atoms with van der Waals surface area (Å²) in [5.41, 5.74) is 5.45. The van der Waals surface area contributed by atoms with Gasteiger partial charge in [0.2, 0.25) is 0 Å². The lowest BCUT2D eigenvalue weighted by Gasteiger charge is -2.12. The Morgan fingerprint density at radius 2 is 1.96 bits per heavy atom. The number of hydrazine groups is 1. The Balaban J connectivity index is 1.93. The smallest absolute Gasteiger partial charge is 0.270 e. The van der Waals surface area contributed by atoms with E-state index in [1.54, 1.807) is 18.2 Å². The van der Waals surface area contributed by atoms with Crippen LogP contribution < -0.4 is 16.2 Å². The Labute approximate surface area is 155 Å². The lowest BCUT2D eigenvalue weighted by molar-refractivity contribution is -0.384. The van der Waals surface area contributed by atoms with Crippen molar-refractivity contribution < 1.29 is 9.72 Å². The maximum absolute atomic E-state index is 12.0. The summed E-state index contributed by atoms with van der Waals surface area (Å²) in [7, 11) is 0. The van der Waals surface area contributed by atoms with Crippen molar-refractivity contribution in [3.05, 3.63) is 67.6 Å². The molecule has 24 heavy (non-hydrogen) atoms. The molecule has 0 fully saturated rings. The van der Waals surface area contributed by atoms with E-state index in [-0.39, 0.29) is 16.4 Å². The molecule has 2 aromatic rings. The molecule has 0 bridgehead atoms. The topological polar surface area (TPSA) is 96.3 Å². The van der Waals surface area contributed by atoms with Gasteiger partial charge in [-0.15, -0.1) is 0 Å². The second-order valence-corrected chi connectivity index (χ2v) is 6.14. The summed E-state index contributed by atoms with van der Waals surface area (Å²) in [4.78, 5) is 22.1. The number of anilines is 1. The van der Waals surface area contributed by atoms with Gasteiger partial charge in [-0.1, -0.05) is 17.7 Å². The number of nitrogens with zero attached hydrogens (tertiary/aromatic N) is 1. The van der Waals surface area contributed by atoms with Gasteiger partial charge in [0.25, 0.3) is 11.6 Å². The molecule has 0 saturated heterocycles. The van der Waals surface area contributed by atoms with Gasteiger partial charge < -0.3 is 5.32 Å². The van der Waals surface area contributed by atoms with E-state index in [1.807, 2.05) is 0 Å². The van der Waals surface area contributed by atoms with Gasteiger partial charge in [0.15, 0.2) is 5.11 Å². The van der Waals surface area contributed by atoms with Crippen LogP contribution in [0, 0.1) is 10.1 Å². The molecule has 0 aromatic heterocycles. The fourth-order valence-electron chi connectivity index (χ4n) is 1.68. The van der Waals surface area contributed by atoms with Crippen LogP contribution in [0.2, 0.25) is 5.02 Å². The van der Waals surface area contributed by atoms with E-state index in [0.717, 1.165) is 4.47 Å². The third kappa shape index (κ3) is 4.88. The first kappa shape index (κ1) is 18.1. The molecule has 2 rings (SSSR count). The fraction of sp³-hybridized carbons (Fsp3) is 0. The molecular weight excluding hydrogens is 420 g/mol. The van der Waals surface area contributed by atoms with Gasteiger partial charge in [-0.3, -0.25) is 25.8 Å². The van der Waals surface area contributed by atoms with Crippen LogP contribution in [-0.4, -0.2) is 15.9 Å². The molecule has 0 unspecified atom stereocenters. The first-order valence-corrected chi connectivity index (χ1v) is 8.01. The third-order valence-electron chi connectivity index (χ3n) is 2.79. The minimum absolute atomic E-state index is 0.131. The van der Waals surface area contributed by atoms with Crippen molar-refractivity contribution in [1.29, 1.82) is 0 Å². The zero-order valence-corrected chi connectivity index (χ0v) is 15.0. The van der Waals surface area contributed by atoms with Crippen molar-refractivity contribution in [2.45, 2.75) is 0 Å². The SMILES string of the molecule is O=C(NNC(=S)Nc1ccc(Br)c(Cl)c1)c1cccc([N+](=O)[O-])c1. The number of halogens is 2. The van der Waals surface area contributed by atoms with Crippen LogP contribution in [0.15, 0.2) is 46.9 Å². The van der Waals surface area contributed by atoms with Crippen LogP contribution in [0.4, 0.5) is 11.4 Å². The maximum atomic E-state index is 12.0. The van der Waals surface area contributed by atoms with E-state index >= 15 is 0 Å². The molecule has 0 spiro atoms. The zero-order valence-electron chi connectivity index (χ0n) is 11.9. The summed E-state index contributed by atoms with van der Waals surface area (Å²) in [6.07, 6.45) is 0. The number of hydrogen-bond acceptors (Lipinski definition) is 4. The van der Waals surface area contributed by atoms with Crippen LogP contribution in [0.25, 0.3) is 0 Å². The van der Waals surface area contributed by atoms with Crippen molar-refractivity contribution in [3.63, 3.8) is 0 Å². The molecule has 10 heteroatoms. The number of carbonyl (C=O) groups excluding carboxylic acids is 1. The minimum Gasteiger partial charge on any atom is -0.331 e. The van der Waals surface area contributed by atoms with Crippen molar-refractivity contribution in [2.24, 2.45) is 0 Å². The molecule has 0 aliphatic rings. The second-order valence-electron chi connectivity index (χ2n) is 4.47. The van der Waals surface area contributed by atoms with E-state index in [1.165, 1.54) is 24.3 Å². The number of benzene rings is 2. The van der Waals surface area contributed by atoms with Crippen LogP contribution in [0.5, 0.6) is 0 Å². The van der Waals surface area contributed by atoms with Crippen LogP contribution in [-0.2, 0) is 0 Å². The highest BCUT2D eigenvalue weighted by molar-refractivity contribution is 9.10. The molecule has 0 aliphatic heterocycles. The standard InChI is InChI=1S/C14H10BrClN4O3S/c15-11-5-4-9(7-12(11)16)17-14(24)19-18-13(21)8-2-1-3-10(6-8)20(22)23/h1-7H,(H,18,21)(H2,17,19,24). The number of amides is 1. The molecule has 0 radical (unpaired) electrons. The van der Waals surface area contributed by atoms with E-state index in [4.69, 9.17) is 23.8 Å². The van der Waals surface area contributed by atoms with Gasteiger partial charge in [-0.25, -0.2) is 0 Å². The third-order valence-corrected chi connectivity index (χ3v) is 4.22. The Bertz CT molecular complexity index is 818. The molecule has 0 atom stereocenters. The van der Waals surface area contributed by atoms with E-state index in [2.05, 4.69) is 32.1 Å². The first-order valence-electron chi connectivity index (χ1n) is 6.43. The average molecular weight is 430 g/mol. The van der Waals surface area contributed by atoms with Gasteiger partial charge in [-0.05, 0) is 52.4 Å². The normalized spacial score (nSPS) is 9.92. The van der Waals surface area contributed by atoms with Gasteiger partial charge >= 0.3 is 0 Å². The molecule has 0 heterocycles. The predicted octanol–water partition coefficient (Wildman–Crippen LogP) is 3.64. The summed E-state index contributed by atoms with van der Waals surface area (Å²) < 4.78 is 0.743. The molecule has 1 amide bonds. The number of carbonyl (C=O) groups is 1. The van der Waals surface area contributed by atoms with Crippen molar-refractivity contribution in [1.82, 2.24) is 10.9 Å². The van der Waals surface area contributed by atoms with E-state index < -0.39 is 10.8 Å². The lowest BCUT2D eigenvalue weighted by atomic mass is 10.2. The average Bonchev–Trinajstić information content (AvgIpc) is 2.56. The van der Waals surface area contributed by atoms with Crippen LogP contribution >= 0.6 is 39.7 Å². The fourth-order valence-corrected chi connectivity index (χ4v) is 2.28. The number of thiocarbonyl (C=S) groups is 1. The van der Waals surface area contributed by atoms with Crippen molar-refractivity contribution in [2.75, 3.05) is 5.32 Å². The van der Waals surface area contributed by atoms with E-state index in [0.29, 0.717) is 10.7 Å². The number of non-ortho nitro benzene ring substituents is 1. The molecule has 7 nitrogen and oxygen atoms in total. The van der Waals surface area contributed by atoms with E-state index in [9.17, 15) is 14.9 Å². The maximum Gasteiger partial charge on any atom is 0.270 e. The lowest BCUT2D eigenvalue weighted by Crippen LogP contribution is -2.43. The zero-order chi connectivity index (χ0) is 17.7. The van der Waals surface area contributed by atoms with Gasteiger partial charge in [0.1, 0.15) is 0 Å². The molecule has 0 saturated carbocycles. The van der Waals surface area contributed by atoms with Crippen LogP contribution in [0.1, 0.15) is 10.4 Å². The second kappa shape index (κ2) is 8.04. The number of nitrogens with one attached hydrogen (secondary N) is 3. The van der Waals surface area contributed by atoms with Crippen molar-refractivity contribution >= 4 is 62.1 Å². The molecule has 124 valence electrons. The Morgan fingerprint density at radius 1 is 1.21 bits per heavy atom.